The SMILES string of the molecule is CCc1cc(-c2nc(C)c(C(=O)Nc3cccc(OC)c3)s2)ccn1. The Bertz CT molecular complexity index is 905. The van der Waals surface area contributed by atoms with E-state index in [1.165, 1.54) is 11.3 Å². The third-order valence-corrected chi connectivity index (χ3v) is 4.96. The molecule has 2 heterocycles. The summed E-state index contributed by atoms with van der Waals surface area (Å²) in [7, 11) is 1.60. The standard InChI is InChI=1S/C19H19N3O2S/c1-4-14-10-13(8-9-20-14)19-21-12(2)17(25-19)18(23)22-15-6-5-7-16(11-15)24-3/h5-11H,4H2,1-3H3,(H,22,23). The van der Waals surface area contributed by atoms with Crippen molar-refractivity contribution >= 4 is 22.9 Å². The lowest BCUT2D eigenvalue weighted by atomic mass is 10.2. The number of hydrogen-bond donors (Lipinski definition) is 1. The summed E-state index contributed by atoms with van der Waals surface area (Å²) in [6.07, 6.45) is 2.64. The van der Waals surface area contributed by atoms with Gasteiger partial charge >= 0.3 is 0 Å². The van der Waals surface area contributed by atoms with Crippen molar-refractivity contribution in [1.82, 2.24) is 9.97 Å². The summed E-state index contributed by atoms with van der Waals surface area (Å²) in [5.74, 6) is 0.530. The Morgan fingerprint density at radius 3 is 2.88 bits per heavy atom. The third-order valence-electron chi connectivity index (χ3n) is 3.76. The van der Waals surface area contributed by atoms with Crippen LogP contribution in [0.3, 0.4) is 0 Å². The molecule has 0 bridgehead atoms. The molecule has 5 nitrogen and oxygen atoms in total. The molecule has 0 aliphatic carbocycles. The molecule has 1 amide bonds. The van der Waals surface area contributed by atoms with Crippen molar-refractivity contribution in [2.24, 2.45) is 0 Å². The predicted molar refractivity (Wildman–Crippen MR) is 100 cm³/mol. The van der Waals surface area contributed by atoms with E-state index in [1.54, 1.807) is 19.4 Å². The molecule has 1 N–H and O–H groups in total. The van der Waals surface area contributed by atoms with Gasteiger partial charge in [0.2, 0.25) is 0 Å². The summed E-state index contributed by atoms with van der Waals surface area (Å²) >= 11 is 1.39. The molecule has 3 aromatic rings. The number of benzene rings is 1. The number of methoxy groups -OCH3 is 1. The van der Waals surface area contributed by atoms with Crippen LogP contribution in [-0.4, -0.2) is 23.0 Å². The fourth-order valence-electron chi connectivity index (χ4n) is 2.42. The van der Waals surface area contributed by atoms with Gasteiger partial charge in [0.25, 0.3) is 5.91 Å². The van der Waals surface area contributed by atoms with E-state index in [0.29, 0.717) is 16.3 Å². The molecule has 0 spiro atoms. The fourth-order valence-corrected chi connectivity index (χ4v) is 3.38. The molecule has 0 aliphatic heterocycles. The Morgan fingerprint density at radius 2 is 2.12 bits per heavy atom. The van der Waals surface area contributed by atoms with Crippen molar-refractivity contribution in [2.45, 2.75) is 20.3 Å². The molecule has 6 heteroatoms. The monoisotopic (exact) mass is 353 g/mol. The van der Waals surface area contributed by atoms with Gasteiger partial charge in [-0.1, -0.05) is 13.0 Å². The molecule has 0 radical (unpaired) electrons. The second-order valence-electron chi connectivity index (χ2n) is 5.51. The summed E-state index contributed by atoms with van der Waals surface area (Å²) in [5, 5.41) is 3.72. The number of rotatable bonds is 5. The highest BCUT2D eigenvalue weighted by Crippen LogP contribution is 2.29. The van der Waals surface area contributed by atoms with Crippen molar-refractivity contribution in [1.29, 1.82) is 0 Å². The predicted octanol–water partition coefficient (Wildman–Crippen LogP) is 4.34. The highest BCUT2D eigenvalue weighted by molar-refractivity contribution is 7.17. The second-order valence-corrected chi connectivity index (χ2v) is 6.51. The Balaban J connectivity index is 1.85. The van der Waals surface area contributed by atoms with Gasteiger partial charge < -0.3 is 10.1 Å². The van der Waals surface area contributed by atoms with Crippen molar-refractivity contribution in [2.75, 3.05) is 12.4 Å². The molecule has 0 unspecified atom stereocenters. The van der Waals surface area contributed by atoms with Crippen LogP contribution >= 0.6 is 11.3 Å². The Hall–Kier alpha value is -2.73. The molecular formula is C19H19N3O2S. The number of thiazole rings is 1. The minimum Gasteiger partial charge on any atom is -0.497 e. The number of aromatic nitrogens is 2. The van der Waals surface area contributed by atoms with Gasteiger partial charge in [0, 0.05) is 29.2 Å². The molecule has 0 aliphatic rings. The number of pyridine rings is 1. The van der Waals surface area contributed by atoms with Crippen LogP contribution in [0, 0.1) is 6.92 Å². The van der Waals surface area contributed by atoms with Crippen LogP contribution < -0.4 is 10.1 Å². The first-order valence-electron chi connectivity index (χ1n) is 7.99. The topological polar surface area (TPSA) is 64.1 Å². The minimum atomic E-state index is -0.167. The van der Waals surface area contributed by atoms with Crippen LogP contribution in [0.1, 0.15) is 28.0 Å². The van der Waals surface area contributed by atoms with Gasteiger partial charge in [-0.15, -0.1) is 11.3 Å². The largest absolute Gasteiger partial charge is 0.497 e. The zero-order valence-corrected chi connectivity index (χ0v) is 15.2. The number of hydrogen-bond acceptors (Lipinski definition) is 5. The second kappa shape index (κ2) is 7.44. The maximum absolute atomic E-state index is 12.6. The highest BCUT2D eigenvalue weighted by atomic mass is 32.1. The van der Waals surface area contributed by atoms with E-state index in [1.807, 2.05) is 37.3 Å². The Kier molecular flexibility index (Phi) is 5.09. The first-order chi connectivity index (χ1) is 12.1. The number of nitrogens with zero attached hydrogens (tertiary/aromatic N) is 2. The summed E-state index contributed by atoms with van der Waals surface area (Å²) in [5.41, 5.74) is 3.40. The van der Waals surface area contributed by atoms with Gasteiger partial charge in [-0.25, -0.2) is 4.98 Å². The van der Waals surface area contributed by atoms with E-state index in [4.69, 9.17) is 4.74 Å². The Labute approximate surface area is 150 Å². The normalized spacial score (nSPS) is 10.5. The average Bonchev–Trinajstić information content (AvgIpc) is 3.04. The van der Waals surface area contributed by atoms with Gasteiger partial charge in [-0.05, 0) is 37.6 Å². The van der Waals surface area contributed by atoms with E-state index < -0.39 is 0 Å². The molecular weight excluding hydrogens is 334 g/mol. The molecule has 0 saturated carbocycles. The smallest absolute Gasteiger partial charge is 0.267 e. The maximum atomic E-state index is 12.6. The Morgan fingerprint density at radius 1 is 1.28 bits per heavy atom. The van der Waals surface area contributed by atoms with E-state index in [9.17, 15) is 4.79 Å². The van der Waals surface area contributed by atoms with E-state index >= 15 is 0 Å². The molecule has 0 saturated heterocycles. The lowest BCUT2D eigenvalue weighted by molar-refractivity contribution is 0.103. The summed E-state index contributed by atoms with van der Waals surface area (Å²) < 4.78 is 5.18. The highest BCUT2D eigenvalue weighted by Gasteiger charge is 2.17. The maximum Gasteiger partial charge on any atom is 0.267 e. The summed E-state index contributed by atoms with van der Waals surface area (Å²) in [6, 6.07) is 11.2. The fraction of sp³-hybridized carbons (Fsp3) is 0.211. The molecule has 128 valence electrons. The van der Waals surface area contributed by atoms with Gasteiger partial charge in [0.05, 0.1) is 12.8 Å². The molecule has 2 aromatic heterocycles. The number of anilines is 1. The lowest BCUT2D eigenvalue weighted by Gasteiger charge is -2.06. The van der Waals surface area contributed by atoms with Crippen LogP contribution in [-0.2, 0) is 6.42 Å². The van der Waals surface area contributed by atoms with E-state index in [2.05, 4.69) is 22.2 Å². The zero-order chi connectivity index (χ0) is 17.8. The van der Waals surface area contributed by atoms with Gasteiger partial charge in [-0.2, -0.15) is 0 Å². The molecule has 0 atom stereocenters. The van der Waals surface area contributed by atoms with Crippen LogP contribution in [0.4, 0.5) is 5.69 Å². The van der Waals surface area contributed by atoms with Gasteiger partial charge in [0.1, 0.15) is 15.6 Å². The molecule has 25 heavy (non-hydrogen) atoms. The van der Waals surface area contributed by atoms with Gasteiger partial charge in [0.15, 0.2) is 0 Å². The van der Waals surface area contributed by atoms with Crippen molar-refractivity contribution < 1.29 is 9.53 Å². The number of amides is 1. The zero-order valence-electron chi connectivity index (χ0n) is 14.4. The number of carbonyl (C=O) groups excluding carboxylic acids is 1. The summed E-state index contributed by atoms with van der Waals surface area (Å²) in [4.78, 5) is 22.1. The van der Waals surface area contributed by atoms with Crippen molar-refractivity contribution in [3.05, 3.63) is 58.9 Å². The molecule has 0 fully saturated rings. The van der Waals surface area contributed by atoms with Gasteiger partial charge in [-0.3, -0.25) is 9.78 Å². The quantitative estimate of drug-likeness (QED) is 0.741. The van der Waals surface area contributed by atoms with Crippen LogP contribution in [0.25, 0.3) is 10.6 Å². The minimum absolute atomic E-state index is 0.167. The number of nitrogens with one attached hydrogen (secondary N) is 1. The van der Waals surface area contributed by atoms with Crippen LogP contribution in [0.15, 0.2) is 42.6 Å². The third kappa shape index (κ3) is 3.85. The van der Waals surface area contributed by atoms with Crippen molar-refractivity contribution in [3.63, 3.8) is 0 Å². The number of ether oxygens (including phenoxy) is 1. The first kappa shape index (κ1) is 17.1. The van der Waals surface area contributed by atoms with E-state index in [0.717, 1.165) is 28.4 Å². The van der Waals surface area contributed by atoms with Crippen LogP contribution in [0.2, 0.25) is 0 Å². The molecule has 1 aromatic carbocycles. The lowest BCUT2D eigenvalue weighted by Crippen LogP contribution is -2.11. The number of aryl methyl sites for hydroxylation is 2. The number of carbonyl (C=O) groups is 1. The first-order valence-corrected chi connectivity index (χ1v) is 8.80. The average molecular weight is 353 g/mol. The molecule has 3 rings (SSSR count). The van der Waals surface area contributed by atoms with E-state index in [-0.39, 0.29) is 5.91 Å². The van der Waals surface area contributed by atoms with Crippen LogP contribution in [0.5, 0.6) is 5.75 Å². The van der Waals surface area contributed by atoms with Crippen molar-refractivity contribution in [3.8, 4) is 16.3 Å². The summed E-state index contributed by atoms with van der Waals surface area (Å²) in [6.45, 7) is 3.91.